The summed E-state index contributed by atoms with van der Waals surface area (Å²) in [5, 5.41) is 15.0. The van der Waals surface area contributed by atoms with Gasteiger partial charge in [0.15, 0.2) is 0 Å². The van der Waals surface area contributed by atoms with Gasteiger partial charge in [-0.05, 0) is 37.4 Å². The third-order valence-electron chi connectivity index (χ3n) is 3.36. The second-order valence-corrected chi connectivity index (χ2v) is 4.70. The van der Waals surface area contributed by atoms with Crippen molar-refractivity contribution < 1.29 is 4.79 Å². The molecule has 1 heterocycles. The Labute approximate surface area is 107 Å². The van der Waals surface area contributed by atoms with E-state index in [0.29, 0.717) is 17.2 Å². The van der Waals surface area contributed by atoms with Crippen molar-refractivity contribution in [2.75, 3.05) is 11.9 Å². The van der Waals surface area contributed by atoms with E-state index >= 15 is 0 Å². The van der Waals surface area contributed by atoms with Gasteiger partial charge < -0.3 is 10.6 Å². The Balaban J connectivity index is 2.09. The van der Waals surface area contributed by atoms with Crippen molar-refractivity contribution in [1.29, 1.82) is 5.26 Å². The summed E-state index contributed by atoms with van der Waals surface area (Å²) in [5.41, 5.74) is 1.08. The monoisotopic (exact) mass is 243 g/mol. The van der Waals surface area contributed by atoms with Crippen LogP contribution in [0.5, 0.6) is 0 Å². The Bertz CT molecular complexity index is 478. The number of rotatable bonds is 2. The minimum atomic E-state index is -0.162. The second kappa shape index (κ2) is 5.65. The zero-order chi connectivity index (χ0) is 13.0. The topological polar surface area (TPSA) is 64.9 Å². The molecule has 0 radical (unpaired) electrons. The number of anilines is 1. The number of carbonyl (C=O) groups is 1. The maximum Gasteiger partial charge on any atom is 0.241 e. The quantitative estimate of drug-likeness (QED) is 0.833. The summed E-state index contributed by atoms with van der Waals surface area (Å²) in [6.07, 6.45) is 2.17. The van der Waals surface area contributed by atoms with Crippen LogP contribution in [0, 0.1) is 17.2 Å². The minimum absolute atomic E-state index is 0.0510. The molecule has 4 heteroatoms. The van der Waals surface area contributed by atoms with Crippen molar-refractivity contribution in [2.45, 2.75) is 25.8 Å². The number of nitrogens with zero attached hydrogens (tertiary/aromatic N) is 1. The van der Waals surface area contributed by atoms with Crippen LogP contribution in [0.25, 0.3) is 0 Å². The highest BCUT2D eigenvalue weighted by Gasteiger charge is 2.27. The number of carbonyl (C=O) groups excluding carboxylic acids is 1. The third-order valence-corrected chi connectivity index (χ3v) is 3.36. The van der Waals surface area contributed by atoms with Gasteiger partial charge in [0.1, 0.15) is 6.07 Å². The molecular weight excluding hydrogens is 226 g/mol. The van der Waals surface area contributed by atoms with Crippen molar-refractivity contribution in [3.63, 3.8) is 0 Å². The van der Waals surface area contributed by atoms with Crippen LogP contribution in [0.15, 0.2) is 24.3 Å². The molecule has 2 atom stereocenters. The number of benzene rings is 1. The SMILES string of the molecule is CC1CCCNC1C(=O)Nc1ccccc1C#N. The highest BCUT2D eigenvalue weighted by molar-refractivity contribution is 5.96. The average Bonchev–Trinajstić information content (AvgIpc) is 2.39. The molecule has 1 saturated heterocycles. The number of nitriles is 1. The lowest BCUT2D eigenvalue weighted by Crippen LogP contribution is -2.48. The number of amides is 1. The first-order chi connectivity index (χ1) is 8.72. The van der Waals surface area contributed by atoms with E-state index in [1.807, 2.05) is 6.07 Å². The predicted molar refractivity (Wildman–Crippen MR) is 70.0 cm³/mol. The highest BCUT2D eigenvalue weighted by atomic mass is 16.2. The molecular formula is C14H17N3O. The largest absolute Gasteiger partial charge is 0.324 e. The van der Waals surface area contributed by atoms with Crippen LogP contribution in [0.3, 0.4) is 0 Å². The number of piperidine rings is 1. The van der Waals surface area contributed by atoms with E-state index in [9.17, 15) is 4.79 Å². The van der Waals surface area contributed by atoms with Crippen molar-refractivity contribution in [3.05, 3.63) is 29.8 Å². The van der Waals surface area contributed by atoms with Gasteiger partial charge in [0, 0.05) is 0 Å². The lowest BCUT2D eigenvalue weighted by atomic mass is 9.92. The zero-order valence-corrected chi connectivity index (χ0v) is 10.4. The molecule has 1 aliphatic rings. The maximum absolute atomic E-state index is 12.2. The van der Waals surface area contributed by atoms with Crippen LogP contribution < -0.4 is 10.6 Å². The van der Waals surface area contributed by atoms with Crippen LogP contribution in [0.2, 0.25) is 0 Å². The Morgan fingerprint density at radius 2 is 2.28 bits per heavy atom. The van der Waals surface area contributed by atoms with Gasteiger partial charge in [-0.1, -0.05) is 19.1 Å². The van der Waals surface area contributed by atoms with Gasteiger partial charge in [0.2, 0.25) is 5.91 Å². The average molecular weight is 243 g/mol. The number of hydrogen-bond donors (Lipinski definition) is 2. The molecule has 0 bridgehead atoms. The molecule has 1 aromatic carbocycles. The van der Waals surface area contributed by atoms with Crippen LogP contribution in [-0.2, 0) is 4.79 Å². The molecule has 0 saturated carbocycles. The summed E-state index contributed by atoms with van der Waals surface area (Å²) >= 11 is 0. The predicted octanol–water partition coefficient (Wildman–Crippen LogP) is 1.88. The normalized spacial score (nSPS) is 23.1. The van der Waals surface area contributed by atoms with Gasteiger partial charge in [-0.3, -0.25) is 4.79 Å². The Morgan fingerprint density at radius 1 is 1.50 bits per heavy atom. The van der Waals surface area contributed by atoms with Crippen LogP contribution in [-0.4, -0.2) is 18.5 Å². The van der Waals surface area contributed by atoms with Crippen molar-refractivity contribution in [1.82, 2.24) is 5.32 Å². The fraction of sp³-hybridized carbons (Fsp3) is 0.429. The van der Waals surface area contributed by atoms with Crippen LogP contribution in [0.1, 0.15) is 25.3 Å². The molecule has 1 fully saturated rings. The van der Waals surface area contributed by atoms with Gasteiger partial charge in [-0.2, -0.15) is 5.26 Å². The molecule has 4 nitrogen and oxygen atoms in total. The fourth-order valence-corrected chi connectivity index (χ4v) is 2.30. The Kier molecular flexibility index (Phi) is 3.96. The molecule has 1 aromatic rings. The van der Waals surface area contributed by atoms with E-state index < -0.39 is 0 Å². The van der Waals surface area contributed by atoms with Crippen molar-refractivity contribution >= 4 is 11.6 Å². The summed E-state index contributed by atoms with van der Waals surface area (Å²) in [5.74, 6) is 0.276. The molecule has 2 unspecified atom stereocenters. The van der Waals surface area contributed by atoms with Crippen molar-refractivity contribution in [2.24, 2.45) is 5.92 Å². The molecule has 1 aliphatic heterocycles. The highest BCUT2D eigenvalue weighted by Crippen LogP contribution is 2.19. The third kappa shape index (κ3) is 2.69. The lowest BCUT2D eigenvalue weighted by Gasteiger charge is -2.29. The molecule has 0 aliphatic carbocycles. The van der Waals surface area contributed by atoms with Crippen LogP contribution in [0.4, 0.5) is 5.69 Å². The zero-order valence-electron chi connectivity index (χ0n) is 10.4. The first-order valence-corrected chi connectivity index (χ1v) is 6.25. The fourth-order valence-electron chi connectivity index (χ4n) is 2.30. The van der Waals surface area contributed by atoms with Crippen molar-refractivity contribution in [3.8, 4) is 6.07 Å². The maximum atomic E-state index is 12.2. The molecule has 0 aromatic heterocycles. The summed E-state index contributed by atoms with van der Waals surface area (Å²) < 4.78 is 0. The minimum Gasteiger partial charge on any atom is -0.324 e. The first-order valence-electron chi connectivity index (χ1n) is 6.25. The standard InChI is InChI=1S/C14H17N3O/c1-10-5-4-8-16-13(10)14(18)17-12-7-3-2-6-11(12)9-15/h2-3,6-7,10,13,16H,4-5,8H2,1H3,(H,17,18). The molecule has 2 N–H and O–H groups in total. The number of nitrogens with one attached hydrogen (secondary N) is 2. The van der Waals surface area contributed by atoms with E-state index in [2.05, 4.69) is 23.6 Å². The number of para-hydroxylation sites is 1. The summed E-state index contributed by atoms with van der Waals surface area (Å²) in [6, 6.07) is 8.98. The van der Waals surface area contributed by atoms with Gasteiger partial charge in [0.05, 0.1) is 17.3 Å². The molecule has 1 amide bonds. The van der Waals surface area contributed by atoms with E-state index in [1.165, 1.54) is 0 Å². The van der Waals surface area contributed by atoms with E-state index in [4.69, 9.17) is 5.26 Å². The lowest BCUT2D eigenvalue weighted by molar-refractivity contribution is -0.119. The van der Waals surface area contributed by atoms with E-state index in [1.54, 1.807) is 18.2 Å². The Hall–Kier alpha value is -1.86. The molecule has 0 spiro atoms. The summed E-state index contributed by atoms with van der Waals surface area (Å²) in [4.78, 5) is 12.2. The second-order valence-electron chi connectivity index (χ2n) is 4.70. The van der Waals surface area contributed by atoms with Gasteiger partial charge >= 0.3 is 0 Å². The van der Waals surface area contributed by atoms with Gasteiger partial charge in [0.25, 0.3) is 0 Å². The molecule has 18 heavy (non-hydrogen) atoms. The van der Waals surface area contributed by atoms with Gasteiger partial charge in [-0.25, -0.2) is 0 Å². The van der Waals surface area contributed by atoms with E-state index in [-0.39, 0.29) is 11.9 Å². The summed E-state index contributed by atoms with van der Waals surface area (Å²) in [6.45, 7) is 2.95. The Morgan fingerprint density at radius 3 is 3.00 bits per heavy atom. The van der Waals surface area contributed by atoms with Gasteiger partial charge in [-0.15, -0.1) is 0 Å². The molecule has 94 valence electrons. The van der Waals surface area contributed by atoms with E-state index in [0.717, 1.165) is 19.4 Å². The smallest absolute Gasteiger partial charge is 0.241 e. The summed E-state index contributed by atoms with van der Waals surface area (Å²) in [7, 11) is 0. The molecule has 2 rings (SSSR count). The first kappa shape index (κ1) is 12.6. The number of hydrogen-bond acceptors (Lipinski definition) is 3. The van der Waals surface area contributed by atoms with Crippen LogP contribution >= 0.6 is 0 Å².